The molecule has 3 rings (SSSR count). The molecule has 36 heavy (non-hydrogen) atoms. The lowest BCUT2D eigenvalue weighted by molar-refractivity contribution is -0.178. The average molecular weight is 507 g/mol. The largest absolute Gasteiger partial charge is 0.466 e. The number of fused-ring (bicyclic) bond motifs is 1. The van der Waals surface area contributed by atoms with Gasteiger partial charge < -0.3 is 28.8 Å². The van der Waals surface area contributed by atoms with Crippen LogP contribution in [0.2, 0.25) is 0 Å². The predicted molar refractivity (Wildman–Crippen MR) is 125 cm³/mol. The fourth-order valence-electron chi connectivity index (χ4n) is 4.31. The monoisotopic (exact) mass is 506 g/mol. The van der Waals surface area contributed by atoms with Crippen molar-refractivity contribution in [3.63, 3.8) is 0 Å². The molecule has 2 saturated heterocycles. The van der Waals surface area contributed by atoms with Crippen LogP contribution in [0.3, 0.4) is 0 Å². The van der Waals surface area contributed by atoms with Crippen molar-refractivity contribution in [3.05, 3.63) is 36.0 Å². The van der Waals surface area contributed by atoms with Crippen LogP contribution in [0.25, 0.3) is 0 Å². The molecule has 1 aliphatic carbocycles. The molecule has 1 N–H and O–H groups in total. The van der Waals surface area contributed by atoms with E-state index in [-0.39, 0.29) is 24.0 Å². The van der Waals surface area contributed by atoms with Crippen LogP contribution in [-0.4, -0.2) is 72.2 Å². The molecule has 0 spiro atoms. The molecule has 0 aromatic carbocycles. The molecule has 0 aromatic heterocycles. The third kappa shape index (κ3) is 5.10. The Labute approximate surface area is 210 Å². The first-order valence-corrected chi connectivity index (χ1v) is 12.0. The summed E-state index contributed by atoms with van der Waals surface area (Å²) >= 11 is 0. The molecule has 0 aromatic rings. The Morgan fingerprint density at radius 3 is 2.47 bits per heavy atom. The van der Waals surface area contributed by atoms with Crippen LogP contribution in [0.1, 0.15) is 47.0 Å². The second-order valence-electron chi connectivity index (χ2n) is 9.62. The van der Waals surface area contributed by atoms with E-state index in [4.69, 9.17) is 23.7 Å². The van der Waals surface area contributed by atoms with Gasteiger partial charge in [0, 0.05) is 5.57 Å². The number of carbonyl (C=O) groups excluding carboxylic acids is 4. The van der Waals surface area contributed by atoms with E-state index in [1.807, 2.05) is 0 Å². The highest BCUT2D eigenvalue weighted by molar-refractivity contribution is 5.93. The van der Waals surface area contributed by atoms with Crippen LogP contribution in [-0.2, 0) is 42.9 Å². The van der Waals surface area contributed by atoms with Crippen LogP contribution in [0.15, 0.2) is 36.0 Å². The van der Waals surface area contributed by atoms with Gasteiger partial charge in [0.1, 0.15) is 12.2 Å². The van der Waals surface area contributed by atoms with Gasteiger partial charge in [-0.05, 0) is 38.7 Å². The smallest absolute Gasteiger partial charge is 0.341 e. The first-order chi connectivity index (χ1) is 16.9. The number of carbonyl (C=O) groups is 4. The molecule has 0 saturated carbocycles. The summed E-state index contributed by atoms with van der Waals surface area (Å²) < 4.78 is 27.4. The number of methoxy groups -OCH3 is 1. The number of esters is 4. The molecular weight excluding hydrogens is 472 g/mol. The highest BCUT2D eigenvalue weighted by Gasteiger charge is 2.60. The van der Waals surface area contributed by atoms with Crippen molar-refractivity contribution in [1.29, 1.82) is 0 Å². The highest BCUT2D eigenvalue weighted by Crippen LogP contribution is 2.42. The van der Waals surface area contributed by atoms with E-state index >= 15 is 0 Å². The van der Waals surface area contributed by atoms with Crippen molar-refractivity contribution in [2.75, 3.05) is 7.11 Å². The van der Waals surface area contributed by atoms with Crippen LogP contribution < -0.4 is 0 Å². The summed E-state index contributed by atoms with van der Waals surface area (Å²) in [5.41, 5.74) is -1.09. The van der Waals surface area contributed by atoms with E-state index in [2.05, 4.69) is 13.2 Å². The van der Waals surface area contributed by atoms with Crippen molar-refractivity contribution >= 4 is 23.9 Å². The van der Waals surface area contributed by atoms with Gasteiger partial charge in [-0.1, -0.05) is 33.1 Å². The van der Waals surface area contributed by atoms with Gasteiger partial charge in [0.2, 0.25) is 0 Å². The molecule has 8 atom stereocenters. The zero-order valence-electron chi connectivity index (χ0n) is 21.3. The van der Waals surface area contributed by atoms with E-state index in [0.717, 1.165) is 0 Å². The third-order valence-corrected chi connectivity index (χ3v) is 7.25. The maximum atomic E-state index is 13.2. The molecule has 2 fully saturated rings. The lowest BCUT2D eigenvalue weighted by atomic mass is 9.80. The third-order valence-electron chi connectivity index (χ3n) is 7.25. The van der Waals surface area contributed by atoms with Crippen LogP contribution >= 0.6 is 0 Å². The quantitative estimate of drug-likeness (QED) is 0.187. The zero-order chi connectivity index (χ0) is 26.9. The van der Waals surface area contributed by atoms with Gasteiger partial charge in [0.15, 0.2) is 17.8 Å². The van der Waals surface area contributed by atoms with Gasteiger partial charge in [-0.25, -0.2) is 14.4 Å². The van der Waals surface area contributed by atoms with Gasteiger partial charge in [0.25, 0.3) is 0 Å². The summed E-state index contributed by atoms with van der Waals surface area (Å²) in [6.45, 7) is 14.4. The van der Waals surface area contributed by atoms with Crippen LogP contribution in [0.4, 0.5) is 0 Å². The van der Waals surface area contributed by atoms with Gasteiger partial charge >= 0.3 is 23.9 Å². The number of epoxide rings is 1. The molecule has 198 valence electrons. The number of allylic oxidation sites excluding steroid dienone is 1. The molecule has 3 aliphatic rings. The van der Waals surface area contributed by atoms with Crippen molar-refractivity contribution in [3.8, 4) is 0 Å². The minimum absolute atomic E-state index is 0.0723. The maximum Gasteiger partial charge on any atom is 0.341 e. The molecule has 0 amide bonds. The molecule has 10 nitrogen and oxygen atoms in total. The van der Waals surface area contributed by atoms with Gasteiger partial charge in [-0.15, -0.1) is 0 Å². The second-order valence-corrected chi connectivity index (χ2v) is 9.62. The number of aliphatic hydroxyl groups is 1. The number of hydrogen-bond donors (Lipinski definition) is 1. The van der Waals surface area contributed by atoms with E-state index in [0.29, 0.717) is 12.0 Å². The number of ether oxygens (including phenoxy) is 5. The zero-order valence-corrected chi connectivity index (χ0v) is 21.3. The van der Waals surface area contributed by atoms with E-state index in [1.165, 1.54) is 20.1 Å². The van der Waals surface area contributed by atoms with Gasteiger partial charge in [-0.3, -0.25) is 4.79 Å². The molecule has 2 heterocycles. The molecule has 0 bridgehead atoms. The van der Waals surface area contributed by atoms with Crippen molar-refractivity contribution in [2.24, 2.45) is 11.8 Å². The lowest BCUT2D eigenvalue weighted by Crippen LogP contribution is -2.50. The standard InChI is InChI=1S/C26H34O10/c1-8-12(2)22(28)33-19-16(24(30)32-7)11-9-10-13(3)18(27)20-17(14(4)23(29)34-20)21(19)35-25(31)26(6)15(5)36-26/h11-12,15,17-21,27H,3-4,8-10H2,1-2,5-7H3/b16-11+/t12-,15-,17+,18+,19+,20+,21+,26+/m1/s1. The molecule has 2 aliphatic heterocycles. The topological polar surface area (TPSA) is 138 Å². The Balaban J connectivity index is 2.19. The summed E-state index contributed by atoms with van der Waals surface area (Å²) in [4.78, 5) is 51.6. The molecule has 0 radical (unpaired) electrons. The van der Waals surface area contributed by atoms with Crippen molar-refractivity contribution < 1.29 is 48.0 Å². The number of aliphatic hydroxyl groups excluding tert-OH is 1. The Kier molecular flexibility index (Phi) is 8.10. The molecular formula is C26H34O10. The summed E-state index contributed by atoms with van der Waals surface area (Å²) in [5, 5.41) is 11.0. The second kappa shape index (κ2) is 10.6. The summed E-state index contributed by atoms with van der Waals surface area (Å²) in [5.74, 6) is -4.74. The van der Waals surface area contributed by atoms with E-state index in [1.54, 1.807) is 20.8 Å². The fourth-order valence-corrected chi connectivity index (χ4v) is 4.31. The van der Waals surface area contributed by atoms with Gasteiger partial charge in [0.05, 0.1) is 30.6 Å². The number of rotatable bonds is 6. The Morgan fingerprint density at radius 2 is 1.92 bits per heavy atom. The highest BCUT2D eigenvalue weighted by atomic mass is 16.7. The maximum absolute atomic E-state index is 13.2. The minimum Gasteiger partial charge on any atom is -0.466 e. The minimum atomic E-state index is -1.47. The summed E-state index contributed by atoms with van der Waals surface area (Å²) in [6.07, 6.45) is -3.50. The van der Waals surface area contributed by atoms with Crippen LogP contribution in [0, 0.1) is 11.8 Å². The Bertz CT molecular complexity index is 997. The fraction of sp³-hybridized carbons (Fsp3) is 0.615. The predicted octanol–water partition coefficient (Wildman–Crippen LogP) is 1.94. The van der Waals surface area contributed by atoms with Crippen molar-refractivity contribution in [1.82, 2.24) is 0 Å². The normalized spacial score (nSPS) is 36.5. The summed E-state index contributed by atoms with van der Waals surface area (Å²) in [6, 6.07) is 0. The lowest BCUT2D eigenvalue weighted by Gasteiger charge is -2.36. The first-order valence-electron chi connectivity index (χ1n) is 12.0. The molecule has 10 heteroatoms. The Hall–Kier alpha value is -2.98. The Morgan fingerprint density at radius 1 is 1.28 bits per heavy atom. The SMILES string of the molecule is C=C1C(=O)O[C@H]2[C@H]1[C@H](OC(=O)[C@@]1(C)O[C@@H]1C)[C@@H](OC(=O)[C@H](C)CC)/C(C(=O)OC)=C\CCC(=C)[C@@H]2O. The average Bonchev–Trinajstić information content (AvgIpc) is 3.37. The van der Waals surface area contributed by atoms with Crippen LogP contribution in [0.5, 0.6) is 0 Å². The van der Waals surface area contributed by atoms with E-state index < -0.39 is 71.8 Å². The first kappa shape index (κ1) is 27.6. The van der Waals surface area contributed by atoms with Crippen molar-refractivity contribution in [2.45, 2.75) is 83.1 Å². The van der Waals surface area contributed by atoms with Gasteiger partial charge in [-0.2, -0.15) is 0 Å². The summed E-state index contributed by atoms with van der Waals surface area (Å²) in [7, 11) is 1.17. The van der Waals surface area contributed by atoms with E-state index in [9.17, 15) is 24.3 Å². The molecule has 0 unspecified atom stereocenters. The number of hydrogen-bond acceptors (Lipinski definition) is 10.